The number of hydrogen-bond acceptors (Lipinski definition) is 5. The Morgan fingerprint density at radius 2 is 2.11 bits per heavy atom. The third-order valence-corrected chi connectivity index (χ3v) is 3.71. The molecule has 0 spiro atoms. The lowest BCUT2D eigenvalue weighted by atomic mass is 10.3. The van der Waals surface area contributed by atoms with Gasteiger partial charge in [-0.1, -0.05) is 6.07 Å². The highest BCUT2D eigenvalue weighted by Gasteiger charge is 2.16. The zero-order valence-electron chi connectivity index (χ0n) is 10.7. The first-order chi connectivity index (χ1) is 9.01. The second-order valence-electron chi connectivity index (χ2n) is 4.04. The average Bonchev–Trinajstić information content (AvgIpc) is 2.75. The molecule has 8 heteroatoms. The summed E-state index contributed by atoms with van der Waals surface area (Å²) in [4.78, 5) is 3.95. The largest absolute Gasteiger partial charge is 0.316 e. The molecule has 102 valence electrons. The van der Waals surface area contributed by atoms with Crippen molar-refractivity contribution in [2.45, 2.75) is 11.6 Å². The Morgan fingerprint density at radius 3 is 2.63 bits per heavy atom. The molecule has 0 fully saturated rings. The van der Waals surface area contributed by atoms with Crippen LogP contribution in [0.15, 0.2) is 35.7 Å². The number of aryl methyl sites for hydroxylation is 1. The molecule has 2 aromatic rings. The van der Waals surface area contributed by atoms with Crippen LogP contribution in [0.2, 0.25) is 0 Å². The van der Waals surface area contributed by atoms with E-state index >= 15 is 0 Å². The Kier molecular flexibility index (Phi) is 3.82. The maximum absolute atomic E-state index is 12.1. The lowest BCUT2D eigenvalue weighted by Gasteiger charge is -2.05. The highest BCUT2D eigenvalue weighted by Crippen LogP contribution is 2.13. The maximum Gasteiger partial charge on any atom is 0.279 e. The van der Waals surface area contributed by atoms with Gasteiger partial charge in [0.25, 0.3) is 10.0 Å². The van der Waals surface area contributed by atoms with Crippen molar-refractivity contribution < 1.29 is 8.42 Å². The Hall–Kier alpha value is -1.93. The van der Waals surface area contributed by atoms with E-state index in [-0.39, 0.29) is 5.03 Å². The minimum absolute atomic E-state index is 0.0174. The summed E-state index contributed by atoms with van der Waals surface area (Å²) in [5.74, 6) is 0. The van der Waals surface area contributed by atoms with E-state index < -0.39 is 10.0 Å². The van der Waals surface area contributed by atoms with Crippen LogP contribution in [0, 0.1) is 0 Å². The molecule has 2 rings (SSSR count). The van der Waals surface area contributed by atoms with Crippen LogP contribution < -0.4 is 10.0 Å². The SMILES string of the molecule is CNCc1ccc(S(=O)(=O)Nc2cnn(C)c2)nc1. The number of anilines is 1. The van der Waals surface area contributed by atoms with Gasteiger partial charge in [-0.05, 0) is 18.7 Å². The van der Waals surface area contributed by atoms with E-state index in [2.05, 4.69) is 20.1 Å². The fraction of sp³-hybridized carbons (Fsp3) is 0.273. The molecule has 19 heavy (non-hydrogen) atoms. The number of hydrogen-bond donors (Lipinski definition) is 2. The normalized spacial score (nSPS) is 11.5. The summed E-state index contributed by atoms with van der Waals surface area (Å²) in [5, 5.41) is 6.85. The molecular formula is C11H15N5O2S. The van der Waals surface area contributed by atoms with E-state index in [9.17, 15) is 8.42 Å². The molecule has 0 aromatic carbocycles. The highest BCUT2D eigenvalue weighted by atomic mass is 32.2. The first kappa shape index (κ1) is 13.5. The lowest BCUT2D eigenvalue weighted by molar-refractivity contribution is 0.597. The van der Waals surface area contributed by atoms with E-state index in [1.54, 1.807) is 19.3 Å². The third-order valence-electron chi connectivity index (χ3n) is 2.41. The summed E-state index contributed by atoms with van der Waals surface area (Å²) in [6.07, 6.45) is 4.55. The standard InChI is InChI=1S/C11H15N5O2S/c1-12-5-9-3-4-11(13-6-9)19(17,18)15-10-7-14-16(2)8-10/h3-4,6-8,12,15H,5H2,1-2H3. The molecule has 2 N–H and O–H groups in total. The molecule has 0 aliphatic heterocycles. The maximum atomic E-state index is 12.1. The Labute approximate surface area is 111 Å². The van der Waals surface area contributed by atoms with Gasteiger partial charge < -0.3 is 5.32 Å². The number of rotatable bonds is 5. The van der Waals surface area contributed by atoms with Gasteiger partial charge in [0, 0.05) is 26.0 Å². The van der Waals surface area contributed by atoms with Crippen molar-refractivity contribution in [1.82, 2.24) is 20.1 Å². The molecule has 7 nitrogen and oxygen atoms in total. The minimum Gasteiger partial charge on any atom is -0.316 e. The summed E-state index contributed by atoms with van der Waals surface area (Å²) in [5.41, 5.74) is 1.33. The van der Waals surface area contributed by atoms with Crippen LogP contribution in [0.1, 0.15) is 5.56 Å². The molecule has 0 aliphatic rings. The van der Waals surface area contributed by atoms with E-state index in [0.29, 0.717) is 12.2 Å². The molecule has 0 bridgehead atoms. The van der Waals surface area contributed by atoms with Crippen LogP contribution in [0.5, 0.6) is 0 Å². The van der Waals surface area contributed by atoms with Gasteiger partial charge >= 0.3 is 0 Å². The lowest BCUT2D eigenvalue weighted by Crippen LogP contribution is -2.14. The van der Waals surface area contributed by atoms with Crippen molar-refractivity contribution in [1.29, 1.82) is 0 Å². The second-order valence-corrected chi connectivity index (χ2v) is 5.67. The fourth-order valence-electron chi connectivity index (χ4n) is 1.56. The Morgan fingerprint density at radius 1 is 1.32 bits per heavy atom. The molecule has 0 radical (unpaired) electrons. The predicted octanol–water partition coefficient (Wildman–Crippen LogP) is 0.335. The number of sulfonamides is 1. The number of aromatic nitrogens is 3. The van der Waals surface area contributed by atoms with E-state index in [1.165, 1.54) is 23.1 Å². The van der Waals surface area contributed by atoms with Crippen LogP contribution in [0.3, 0.4) is 0 Å². The quantitative estimate of drug-likeness (QED) is 0.824. The zero-order valence-corrected chi connectivity index (χ0v) is 11.5. The molecule has 0 amide bonds. The van der Waals surface area contributed by atoms with Crippen LogP contribution in [0.4, 0.5) is 5.69 Å². The third kappa shape index (κ3) is 3.30. The molecule has 2 aromatic heterocycles. The van der Waals surface area contributed by atoms with Crippen LogP contribution in [0.25, 0.3) is 0 Å². The van der Waals surface area contributed by atoms with Gasteiger partial charge in [-0.25, -0.2) is 4.98 Å². The second kappa shape index (κ2) is 5.37. The molecule has 0 saturated heterocycles. The van der Waals surface area contributed by atoms with E-state index in [0.717, 1.165) is 5.56 Å². The predicted molar refractivity (Wildman–Crippen MR) is 71.0 cm³/mol. The van der Waals surface area contributed by atoms with Gasteiger partial charge in [-0.3, -0.25) is 9.40 Å². The number of nitrogens with one attached hydrogen (secondary N) is 2. The summed E-state index contributed by atoms with van der Waals surface area (Å²) >= 11 is 0. The van der Waals surface area contributed by atoms with Crippen LogP contribution >= 0.6 is 0 Å². The van der Waals surface area contributed by atoms with Crippen molar-refractivity contribution in [3.63, 3.8) is 0 Å². The molecular weight excluding hydrogens is 266 g/mol. The Bertz CT molecular complexity index is 648. The van der Waals surface area contributed by atoms with Crippen molar-refractivity contribution in [2.75, 3.05) is 11.8 Å². The van der Waals surface area contributed by atoms with Crippen molar-refractivity contribution in [3.8, 4) is 0 Å². The topological polar surface area (TPSA) is 88.9 Å². The first-order valence-corrected chi connectivity index (χ1v) is 7.10. The first-order valence-electron chi connectivity index (χ1n) is 5.62. The molecule has 0 aliphatic carbocycles. The van der Waals surface area contributed by atoms with Gasteiger partial charge in [0.15, 0.2) is 5.03 Å². The molecule has 0 saturated carbocycles. The summed E-state index contributed by atoms with van der Waals surface area (Å²) in [6.45, 7) is 0.642. The van der Waals surface area contributed by atoms with Gasteiger partial charge in [0.2, 0.25) is 0 Å². The van der Waals surface area contributed by atoms with Gasteiger partial charge in [0.1, 0.15) is 0 Å². The van der Waals surface area contributed by atoms with Crippen molar-refractivity contribution in [2.24, 2.45) is 7.05 Å². The van der Waals surface area contributed by atoms with Gasteiger partial charge in [-0.15, -0.1) is 0 Å². The zero-order chi connectivity index (χ0) is 13.9. The van der Waals surface area contributed by atoms with Crippen LogP contribution in [-0.4, -0.2) is 30.2 Å². The number of nitrogens with zero attached hydrogens (tertiary/aromatic N) is 3. The molecule has 2 heterocycles. The fourth-order valence-corrected chi connectivity index (χ4v) is 2.52. The Balaban J connectivity index is 2.19. The van der Waals surface area contributed by atoms with Gasteiger partial charge in [0.05, 0.1) is 11.9 Å². The number of pyridine rings is 1. The van der Waals surface area contributed by atoms with Gasteiger partial charge in [-0.2, -0.15) is 13.5 Å². The minimum atomic E-state index is -3.67. The monoisotopic (exact) mass is 281 g/mol. The highest BCUT2D eigenvalue weighted by molar-refractivity contribution is 7.92. The average molecular weight is 281 g/mol. The van der Waals surface area contributed by atoms with Crippen LogP contribution in [-0.2, 0) is 23.6 Å². The van der Waals surface area contributed by atoms with Crippen molar-refractivity contribution >= 4 is 15.7 Å². The molecule has 0 unspecified atom stereocenters. The van der Waals surface area contributed by atoms with E-state index in [1.807, 2.05) is 7.05 Å². The van der Waals surface area contributed by atoms with Crippen molar-refractivity contribution in [3.05, 3.63) is 36.3 Å². The molecule has 0 atom stereocenters. The summed E-state index contributed by atoms with van der Waals surface area (Å²) in [6, 6.07) is 3.20. The summed E-state index contributed by atoms with van der Waals surface area (Å²) < 4.78 is 28.0. The smallest absolute Gasteiger partial charge is 0.279 e. The summed E-state index contributed by atoms with van der Waals surface area (Å²) in [7, 11) is -0.142. The van der Waals surface area contributed by atoms with E-state index in [4.69, 9.17) is 0 Å².